The number of rotatable bonds is 6. The molecule has 0 unspecified atom stereocenters. The molecule has 118 valence electrons. The number of methoxy groups -OCH3 is 1. The molecule has 2 nitrogen and oxygen atoms in total. The first-order chi connectivity index (χ1) is 11.3. The van der Waals surface area contributed by atoms with E-state index in [0.717, 1.165) is 25.3 Å². The van der Waals surface area contributed by atoms with Crippen molar-refractivity contribution in [3.63, 3.8) is 0 Å². The van der Waals surface area contributed by atoms with Gasteiger partial charge in [-0.05, 0) is 35.9 Å². The quantitative estimate of drug-likeness (QED) is 0.664. The van der Waals surface area contributed by atoms with Crippen LogP contribution < -0.4 is 4.74 Å². The Balaban J connectivity index is 1.77. The summed E-state index contributed by atoms with van der Waals surface area (Å²) in [7, 11) is 3.92. The minimum absolute atomic E-state index is 0.886. The lowest BCUT2D eigenvalue weighted by atomic mass is 10.0. The third-order valence-electron chi connectivity index (χ3n) is 4.27. The van der Waals surface area contributed by atoms with Gasteiger partial charge in [0.2, 0.25) is 0 Å². The van der Waals surface area contributed by atoms with Gasteiger partial charge in [-0.1, -0.05) is 60.7 Å². The lowest BCUT2D eigenvalue weighted by Crippen LogP contribution is -2.21. The molecule has 0 fully saturated rings. The minimum atomic E-state index is 0.886. The zero-order valence-corrected chi connectivity index (χ0v) is 13.8. The van der Waals surface area contributed by atoms with E-state index >= 15 is 0 Å². The zero-order valence-electron chi connectivity index (χ0n) is 13.8. The normalized spacial score (nSPS) is 11.1. The third-order valence-corrected chi connectivity index (χ3v) is 4.27. The van der Waals surface area contributed by atoms with Crippen LogP contribution in [0.4, 0.5) is 0 Å². The van der Waals surface area contributed by atoms with Crippen molar-refractivity contribution in [3.05, 3.63) is 77.9 Å². The molecule has 0 aromatic heterocycles. The van der Waals surface area contributed by atoms with E-state index in [0.29, 0.717) is 0 Å². The molecule has 0 amide bonds. The monoisotopic (exact) mass is 305 g/mol. The van der Waals surface area contributed by atoms with Crippen molar-refractivity contribution in [1.29, 1.82) is 0 Å². The Hall–Kier alpha value is -2.32. The maximum absolute atomic E-state index is 5.59. The van der Waals surface area contributed by atoms with Gasteiger partial charge >= 0.3 is 0 Å². The summed E-state index contributed by atoms with van der Waals surface area (Å²) in [5.41, 5.74) is 2.64. The van der Waals surface area contributed by atoms with Gasteiger partial charge in [-0.3, -0.25) is 0 Å². The first-order valence-corrected chi connectivity index (χ1v) is 8.05. The topological polar surface area (TPSA) is 12.5 Å². The van der Waals surface area contributed by atoms with Gasteiger partial charge in [-0.15, -0.1) is 0 Å². The van der Waals surface area contributed by atoms with Crippen LogP contribution in [0.1, 0.15) is 11.1 Å². The molecule has 3 aromatic rings. The highest BCUT2D eigenvalue weighted by Crippen LogP contribution is 2.28. The zero-order chi connectivity index (χ0) is 16.1. The van der Waals surface area contributed by atoms with Gasteiger partial charge in [0, 0.05) is 18.7 Å². The lowest BCUT2D eigenvalue weighted by Gasteiger charge is -2.20. The van der Waals surface area contributed by atoms with Gasteiger partial charge in [-0.25, -0.2) is 0 Å². The molecule has 0 bridgehead atoms. The molecule has 0 atom stereocenters. The summed E-state index contributed by atoms with van der Waals surface area (Å²) in [5, 5.41) is 2.54. The van der Waals surface area contributed by atoms with Gasteiger partial charge in [0.05, 0.1) is 7.11 Å². The molecule has 0 aliphatic carbocycles. The molecule has 0 spiro atoms. The summed E-state index contributed by atoms with van der Waals surface area (Å²) in [6.07, 6.45) is 1.06. The van der Waals surface area contributed by atoms with Crippen molar-refractivity contribution in [2.45, 2.75) is 13.0 Å². The van der Waals surface area contributed by atoms with Crippen molar-refractivity contribution >= 4 is 10.8 Å². The van der Waals surface area contributed by atoms with Crippen LogP contribution in [0.25, 0.3) is 10.8 Å². The molecule has 0 N–H and O–H groups in total. The van der Waals surface area contributed by atoms with Crippen LogP contribution in [0.15, 0.2) is 66.7 Å². The second kappa shape index (κ2) is 7.30. The molecular weight excluding hydrogens is 282 g/mol. The van der Waals surface area contributed by atoms with E-state index in [2.05, 4.69) is 78.7 Å². The summed E-state index contributed by atoms with van der Waals surface area (Å²) in [5.74, 6) is 0.968. The van der Waals surface area contributed by atoms with E-state index in [4.69, 9.17) is 4.74 Å². The average Bonchev–Trinajstić information content (AvgIpc) is 2.61. The first-order valence-electron chi connectivity index (χ1n) is 8.05. The molecule has 0 aliphatic rings. The van der Waals surface area contributed by atoms with Crippen molar-refractivity contribution < 1.29 is 4.74 Å². The van der Waals surface area contributed by atoms with Crippen LogP contribution in [-0.2, 0) is 13.0 Å². The predicted octanol–water partition coefficient (Wildman–Crippen LogP) is 4.52. The molecule has 0 heterocycles. The number of likely N-dealkylation sites (N-methyl/N-ethyl adjacent to an activating group) is 1. The van der Waals surface area contributed by atoms with Crippen LogP contribution in [0.2, 0.25) is 0 Å². The molecule has 23 heavy (non-hydrogen) atoms. The van der Waals surface area contributed by atoms with E-state index in [1.807, 2.05) is 0 Å². The van der Waals surface area contributed by atoms with Gasteiger partial charge in [0.1, 0.15) is 5.75 Å². The summed E-state index contributed by atoms with van der Waals surface area (Å²) in [6, 6.07) is 23.3. The highest BCUT2D eigenvalue weighted by atomic mass is 16.5. The van der Waals surface area contributed by atoms with Crippen LogP contribution in [0, 0.1) is 0 Å². The Morgan fingerprint density at radius 2 is 1.61 bits per heavy atom. The van der Waals surface area contributed by atoms with E-state index in [1.165, 1.54) is 21.9 Å². The highest BCUT2D eigenvalue weighted by Gasteiger charge is 2.10. The Morgan fingerprint density at radius 1 is 0.870 bits per heavy atom. The smallest absolute Gasteiger partial charge is 0.123 e. The molecule has 3 rings (SSSR count). The molecule has 0 radical (unpaired) electrons. The Labute approximate surface area is 138 Å². The first kappa shape index (κ1) is 15.6. The summed E-state index contributed by atoms with van der Waals surface area (Å²) >= 11 is 0. The third kappa shape index (κ3) is 3.72. The largest absolute Gasteiger partial charge is 0.496 e. The number of fused-ring (bicyclic) bond motifs is 1. The SMILES string of the molecule is COc1ccc2ccccc2c1CN(C)CCc1ccccc1. The second-order valence-corrected chi connectivity index (χ2v) is 5.94. The molecule has 0 saturated heterocycles. The standard InChI is InChI=1S/C21H23NO/c1-22(15-14-17-8-4-3-5-9-17)16-20-19-11-7-6-10-18(19)12-13-21(20)23-2/h3-13H,14-16H2,1-2H3. The molecular formula is C21H23NO. The Bertz CT molecular complexity index is 767. The number of hydrogen-bond donors (Lipinski definition) is 0. The summed E-state index contributed by atoms with van der Waals surface area (Å²) < 4.78 is 5.59. The minimum Gasteiger partial charge on any atom is -0.496 e. The van der Waals surface area contributed by atoms with Crippen LogP contribution in [0.3, 0.4) is 0 Å². The maximum Gasteiger partial charge on any atom is 0.123 e. The summed E-state index contributed by atoms with van der Waals surface area (Å²) in [4.78, 5) is 2.36. The molecule has 3 aromatic carbocycles. The second-order valence-electron chi connectivity index (χ2n) is 5.94. The van der Waals surface area contributed by atoms with Gasteiger partial charge in [0.25, 0.3) is 0 Å². The highest BCUT2D eigenvalue weighted by molar-refractivity contribution is 5.87. The van der Waals surface area contributed by atoms with Crippen LogP contribution >= 0.6 is 0 Å². The van der Waals surface area contributed by atoms with E-state index in [1.54, 1.807) is 7.11 Å². The maximum atomic E-state index is 5.59. The number of nitrogens with zero attached hydrogens (tertiary/aromatic N) is 1. The van der Waals surface area contributed by atoms with E-state index < -0.39 is 0 Å². The van der Waals surface area contributed by atoms with Gasteiger partial charge in [0.15, 0.2) is 0 Å². The fraction of sp³-hybridized carbons (Fsp3) is 0.238. The van der Waals surface area contributed by atoms with E-state index in [9.17, 15) is 0 Å². The number of ether oxygens (including phenoxy) is 1. The number of benzene rings is 3. The van der Waals surface area contributed by atoms with Crippen molar-refractivity contribution in [2.24, 2.45) is 0 Å². The lowest BCUT2D eigenvalue weighted by molar-refractivity contribution is 0.322. The molecule has 0 aliphatic heterocycles. The van der Waals surface area contributed by atoms with Crippen LogP contribution in [0.5, 0.6) is 5.75 Å². The van der Waals surface area contributed by atoms with Gasteiger partial charge in [-0.2, -0.15) is 0 Å². The number of hydrogen-bond acceptors (Lipinski definition) is 2. The van der Waals surface area contributed by atoms with Crippen molar-refractivity contribution in [1.82, 2.24) is 4.90 Å². The average molecular weight is 305 g/mol. The molecule has 2 heteroatoms. The molecule has 0 saturated carbocycles. The van der Waals surface area contributed by atoms with E-state index in [-0.39, 0.29) is 0 Å². The fourth-order valence-corrected chi connectivity index (χ4v) is 2.98. The Kier molecular flexibility index (Phi) is 4.94. The van der Waals surface area contributed by atoms with Crippen molar-refractivity contribution in [2.75, 3.05) is 20.7 Å². The van der Waals surface area contributed by atoms with Gasteiger partial charge < -0.3 is 9.64 Å². The van der Waals surface area contributed by atoms with Crippen LogP contribution in [-0.4, -0.2) is 25.6 Å². The fourth-order valence-electron chi connectivity index (χ4n) is 2.98. The summed E-state index contributed by atoms with van der Waals surface area (Å²) in [6.45, 7) is 1.91. The van der Waals surface area contributed by atoms with Crippen molar-refractivity contribution in [3.8, 4) is 5.75 Å². The predicted molar refractivity (Wildman–Crippen MR) is 97.0 cm³/mol. The Morgan fingerprint density at radius 3 is 2.39 bits per heavy atom.